The first-order valence-electron chi connectivity index (χ1n) is 5.44. The average molecular weight is 236 g/mol. The number of aliphatic carboxylic acids is 1. The molecule has 1 heterocycles. The van der Waals surface area contributed by atoms with Gasteiger partial charge in [-0.1, -0.05) is 6.07 Å². The molecule has 0 bridgehead atoms. The summed E-state index contributed by atoms with van der Waals surface area (Å²) >= 11 is 0. The fraction of sp³-hybridized carbons (Fsp3) is 0.417. The number of hydrogen-bond donors (Lipinski definition) is 1. The third-order valence-corrected chi connectivity index (χ3v) is 2.44. The highest BCUT2D eigenvalue weighted by molar-refractivity contribution is 5.80. The number of carbonyl (C=O) groups excluding carboxylic acids is 1. The molecule has 0 aliphatic heterocycles. The largest absolute Gasteiger partial charge is 0.481 e. The van der Waals surface area contributed by atoms with E-state index in [1.54, 1.807) is 24.3 Å². The molecular formula is C12H16N2O3. The predicted octanol–water partition coefficient (Wildman–Crippen LogP) is 0.947. The Kier molecular flexibility index (Phi) is 5.13. The number of amides is 1. The lowest BCUT2D eigenvalue weighted by molar-refractivity contribution is -0.140. The number of likely N-dealkylation sites (N-methyl/N-ethyl adjacent to an activating group) is 1. The van der Waals surface area contributed by atoms with Crippen LogP contribution in [0.2, 0.25) is 0 Å². The van der Waals surface area contributed by atoms with Crippen LogP contribution >= 0.6 is 0 Å². The first-order chi connectivity index (χ1) is 8.09. The van der Waals surface area contributed by atoms with Gasteiger partial charge in [-0.2, -0.15) is 0 Å². The Balaban J connectivity index is 2.31. The van der Waals surface area contributed by atoms with Gasteiger partial charge in [-0.05, 0) is 18.1 Å². The number of carbonyl (C=O) groups is 2. The number of nitrogens with zero attached hydrogens (tertiary/aromatic N) is 2. The van der Waals surface area contributed by atoms with Crippen LogP contribution in [0.25, 0.3) is 0 Å². The molecule has 1 aromatic heterocycles. The van der Waals surface area contributed by atoms with E-state index in [2.05, 4.69) is 4.98 Å². The van der Waals surface area contributed by atoms with Crippen LogP contribution in [0.5, 0.6) is 0 Å². The van der Waals surface area contributed by atoms with Crippen LogP contribution < -0.4 is 0 Å². The summed E-state index contributed by atoms with van der Waals surface area (Å²) in [6.07, 6.45) is 4.12. The van der Waals surface area contributed by atoms with E-state index in [4.69, 9.17) is 5.11 Å². The number of pyridine rings is 1. The second-order valence-corrected chi connectivity index (χ2v) is 3.82. The lowest BCUT2D eigenvalue weighted by Crippen LogP contribution is -2.29. The van der Waals surface area contributed by atoms with E-state index in [1.165, 1.54) is 0 Å². The maximum absolute atomic E-state index is 11.5. The van der Waals surface area contributed by atoms with Gasteiger partial charge in [0.2, 0.25) is 5.91 Å². The molecule has 0 aliphatic carbocycles. The van der Waals surface area contributed by atoms with Crippen LogP contribution in [0, 0.1) is 0 Å². The zero-order valence-electron chi connectivity index (χ0n) is 9.80. The summed E-state index contributed by atoms with van der Waals surface area (Å²) in [4.78, 5) is 27.4. The molecule has 5 nitrogen and oxygen atoms in total. The SMILES string of the molecule is CN(CCc1cccnc1)C(=O)CCC(=O)O. The van der Waals surface area contributed by atoms with Gasteiger partial charge < -0.3 is 10.0 Å². The van der Waals surface area contributed by atoms with E-state index in [1.807, 2.05) is 12.1 Å². The second-order valence-electron chi connectivity index (χ2n) is 3.82. The van der Waals surface area contributed by atoms with Gasteiger partial charge in [-0.3, -0.25) is 14.6 Å². The second kappa shape index (κ2) is 6.62. The van der Waals surface area contributed by atoms with E-state index in [-0.39, 0.29) is 18.7 Å². The summed E-state index contributed by atoms with van der Waals surface area (Å²) in [5.41, 5.74) is 1.06. The molecule has 17 heavy (non-hydrogen) atoms. The van der Waals surface area contributed by atoms with Crippen molar-refractivity contribution < 1.29 is 14.7 Å². The number of aromatic nitrogens is 1. The van der Waals surface area contributed by atoms with E-state index in [0.29, 0.717) is 6.54 Å². The van der Waals surface area contributed by atoms with Crippen LogP contribution in [0.3, 0.4) is 0 Å². The maximum atomic E-state index is 11.5. The first kappa shape index (κ1) is 13.2. The van der Waals surface area contributed by atoms with Gasteiger partial charge in [0, 0.05) is 32.4 Å². The first-order valence-corrected chi connectivity index (χ1v) is 5.44. The molecule has 0 aromatic carbocycles. The van der Waals surface area contributed by atoms with Crippen molar-refractivity contribution >= 4 is 11.9 Å². The maximum Gasteiger partial charge on any atom is 0.303 e. The topological polar surface area (TPSA) is 70.5 Å². The third-order valence-electron chi connectivity index (χ3n) is 2.44. The summed E-state index contributed by atoms with van der Waals surface area (Å²) in [5.74, 6) is -1.09. The van der Waals surface area contributed by atoms with Gasteiger partial charge in [-0.25, -0.2) is 0 Å². The molecule has 0 spiro atoms. The van der Waals surface area contributed by atoms with Gasteiger partial charge in [0.05, 0.1) is 6.42 Å². The van der Waals surface area contributed by atoms with E-state index < -0.39 is 5.97 Å². The lowest BCUT2D eigenvalue weighted by Gasteiger charge is -2.16. The minimum Gasteiger partial charge on any atom is -0.481 e. The van der Waals surface area contributed by atoms with Crippen LogP contribution in [-0.4, -0.2) is 40.5 Å². The van der Waals surface area contributed by atoms with Gasteiger partial charge in [0.15, 0.2) is 0 Å². The number of carboxylic acid groups (broad SMARTS) is 1. The number of hydrogen-bond acceptors (Lipinski definition) is 3. The number of rotatable bonds is 6. The minimum absolute atomic E-state index is 0.0544. The fourth-order valence-electron chi connectivity index (χ4n) is 1.37. The zero-order valence-corrected chi connectivity index (χ0v) is 9.80. The molecule has 92 valence electrons. The Bertz CT molecular complexity index is 379. The van der Waals surface area contributed by atoms with Crippen LogP contribution in [0.1, 0.15) is 18.4 Å². The Morgan fingerprint density at radius 2 is 2.18 bits per heavy atom. The lowest BCUT2D eigenvalue weighted by atomic mass is 10.2. The van der Waals surface area contributed by atoms with E-state index >= 15 is 0 Å². The summed E-state index contributed by atoms with van der Waals surface area (Å²) in [6, 6.07) is 3.80. The standard InChI is InChI=1S/C12H16N2O3/c1-14(11(15)4-5-12(16)17)8-6-10-3-2-7-13-9-10/h2-3,7,9H,4-6,8H2,1H3,(H,16,17). The predicted molar refractivity (Wildman–Crippen MR) is 62.4 cm³/mol. The highest BCUT2D eigenvalue weighted by Gasteiger charge is 2.10. The molecular weight excluding hydrogens is 220 g/mol. The van der Waals surface area contributed by atoms with Crippen molar-refractivity contribution in [2.24, 2.45) is 0 Å². The van der Waals surface area contributed by atoms with Crippen LogP contribution in [0.15, 0.2) is 24.5 Å². The van der Waals surface area contributed by atoms with Crippen molar-refractivity contribution in [3.8, 4) is 0 Å². The average Bonchev–Trinajstić information content (AvgIpc) is 2.34. The molecule has 0 saturated carbocycles. The van der Waals surface area contributed by atoms with Crippen molar-refractivity contribution in [1.82, 2.24) is 9.88 Å². The van der Waals surface area contributed by atoms with Gasteiger partial charge in [0.25, 0.3) is 0 Å². The Hall–Kier alpha value is -1.91. The molecule has 5 heteroatoms. The molecule has 0 atom stereocenters. The molecule has 0 fully saturated rings. The zero-order chi connectivity index (χ0) is 12.7. The van der Waals surface area contributed by atoms with Crippen LogP contribution in [-0.2, 0) is 16.0 Å². The van der Waals surface area contributed by atoms with Crippen molar-refractivity contribution in [2.75, 3.05) is 13.6 Å². The fourth-order valence-corrected chi connectivity index (χ4v) is 1.37. The van der Waals surface area contributed by atoms with Crippen molar-refractivity contribution in [2.45, 2.75) is 19.3 Å². The molecule has 0 radical (unpaired) electrons. The molecule has 1 rings (SSSR count). The molecule has 0 aliphatic rings. The van der Waals surface area contributed by atoms with Crippen molar-refractivity contribution in [1.29, 1.82) is 0 Å². The van der Waals surface area contributed by atoms with Crippen molar-refractivity contribution in [3.63, 3.8) is 0 Å². The van der Waals surface area contributed by atoms with E-state index in [0.717, 1.165) is 12.0 Å². The monoisotopic (exact) mass is 236 g/mol. The van der Waals surface area contributed by atoms with Crippen LogP contribution in [0.4, 0.5) is 0 Å². The normalized spacial score (nSPS) is 9.94. The molecule has 1 N–H and O–H groups in total. The smallest absolute Gasteiger partial charge is 0.303 e. The quantitative estimate of drug-likeness (QED) is 0.798. The summed E-state index contributed by atoms with van der Waals surface area (Å²) < 4.78 is 0. The molecule has 0 saturated heterocycles. The summed E-state index contributed by atoms with van der Waals surface area (Å²) in [6.45, 7) is 0.574. The van der Waals surface area contributed by atoms with Gasteiger partial charge in [-0.15, -0.1) is 0 Å². The number of carboxylic acids is 1. The highest BCUT2D eigenvalue weighted by Crippen LogP contribution is 2.01. The van der Waals surface area contributed by atoms with Gasteiger partial charge in [0.1, 0.15) is 0 Å². The Labute approximate surface area is 100 Å². The molecule has 0 unspecified atom stereocenters. The van der Waals surface area contributed by atoms with E-state index in [9.17, 15) is 9.59 Å². The third kappa shape index (κ3) is 5.10. The van der Waals surface area contributed by atoms with Gasteiger partial charge >= 0.3 is 5.97 Å². The summed E-state index contributed by atoms with van der Waals surface area (Å²) in [7, 11) is 1.68. The Morgan fingerprint density at radius 3 is 2.76 bits per heavy atom. The molecule has 1 amide bonds. The minimum atomic E-state index is -0.945. The molecule has 1 aromatic rings. The Morgan fingerprint density at radius 1 is 1.41 bits per heavy atom. The summed E-state index contributed by atoms with van der Waals surface area (Å²) in [5, 5.41) is 8.47. The van der Waals surface area contributed by atoms with Crippen molar-refractivity contribution in [3.05, 3.63) is 30.1 Å². The highest BCUT2D eigenvalue weighted by atomic mass is 16.4.